The molecule has 0 saturated heterocycles. The Kier molecular flexibility index (Phi) is 6.64. The van der Waals surface area contributed by atoms with E-state index in [9.17, 15) is 44.3 Å². The molecule has 0 fully saturated rings. The summed E-state index contributed by atoms with van der Waals surface area (Å²) < 4.78 is 124. The lowest BCUT2D eigenvalue weighted by atomic mass is 9.88. The Morgan fingerprint density at radius 1 is 1.05 bits per heavy atom. The van der Waals surface area contributed by atoms with Gasteiger partial charge in [0.25, 0.3) is 5.60 Å². The van der Waals surface area contributed by atoms with E-state index >= 15 is 0 Å². The Balaban J connectivity index is 1.99. The number of carbonyl (C=O) groups excluding carboxylic acids is 1. The first-order chi connectivity index (χ1) is 18.4. The number of imidazole rings is 1. The lowest BCUT2D eigenvalue weighted by molar-refractivity contribution is -0.406. The highest BCUT2D eigenvalue weighted by molar-refractivity contribution is 5.75. The van der Waals surface area contributed by atoms with Crippen LogP contribution in [0.4, 0.5) is 45.3 Å². The zero-order chi connectivity index (χ0) is 29.8. The largest absolute Gasteiger partial charge is 0.494 e. The molecule has 40 heavy (non-hydrogen) atoms. The molecule has 0 radical (unpaired) electrons. The zero-order valence-corrected chi connectivity index (χ0v) is 19.7. The average Bonchev–Trinajstić information content (AvgIpc) is 3.45. The summed E-state index contributed by atoms with van der Waals surface area (Å²) in [5, 5.41) is 9.50. The lowest BCUT2D eigenvalue weighted by Gasteiger charge is -2.32. The number of benzene rings is 1. The van der Waals surface area contributed by atoms with Crippen LogP contribution in [-0.2, 0) is 33.4 Å². The molecule has 0 aliphatic heterocycles. The van der Waals surface area contributed by atoms with Crippen molar-refractivity contribution in [1.82, 2.24) is 34.6 Å². The topological polar surface area (TPSA) is 135 Å². The number of nitrogen functional groups attached to an aromatic ring is 1. The van der Waals surface area contributed by atoms with Gasteiger partial charge in [0.2, 0.25) is 5.82 Å². The molecule has 11 nitrogen and oxygen atoms in total. The second kappa shape index (κ2) is 9.31. The summed E-state index contributed by atoms with van der Waals surface area (Å²) >= 11 is 0. The van der Waals surface area contributed by atoms with Crippen molar-refractivity contribution in [3.8, 4) is 11.3 Å². The fourth-order valence-corrected chi connectivity index (χ4v) is 3.69. The highest BCUT2D eigenvalue weighted by Gasteiger charge is 2.65. The number of anilines is 1. The number of aryl methyl sites for hydroxylation is 2. The minimum Gasteiger partial charge on any atom is -0.381 e. The van der Waals surface area contributed by atoms with Gasteiger partial charge in [-0.2, -0.15) is 44.4 Å². The van der Waals surface area contributed by atoms with Crippen molar-refractivity contribution in [3.05, 3.63) is 53.2 Å². The summed E-state index contributed by atoms with van der Waals surface area (Å²) in [6, 6.07) is 2.55. The van der Waals surface area contributed by atoms with E-state index in [1.54, 1.807) is 0 Å². The van der Waals surface area contributed by atoms with Gasteiger partial charge in [-0.3, -0.25) is 9.29 Å². The van der Waals surface area contributed by atoms with E-state index < -0.39 is 53.0 Å². The first-order valence-electron chi connectivity index (χ1n) is 10.5. The monoisotopic (exact) mass is 584 g/mol. The Hall–Kier alpha value is -4.49. The number of fused-ring (bicyclic) bond motifs is 1. The van der Waals surface area contributed by atoms with Crippen LogP contribution in [0.25, 0.3) is 16.9 Å². The summed E-state index contributed by atoms with van der Waals surface area (Å²) in [5.41, 5.74) is -1.42. The molecule has 1 aromatic carbocycles. The number of rotatable bonds is 5. The highest BCUT2D eigenvalue weighted by Crippen LogP contribution is 2.48. The van der Waals surface area contributed by atoms with E-state index in [2.05, 4.69) is 35.3 Å². The fraction of sp³-hybridized carbons (Fsp3) is 0.300. The molecule has 0 amide bonds. The number of hydrogen-bond donors (Lipinski definition) is 1. The summed E-state index contributed by atoms with van der Waals surface area (Å²) in [7, 11) is 0.902. The maximum atomic E-state index is 14.7. The molecule has 214 valence electrons. The van der Waals surface area contributed by atoms with Gasteiger partial charge >= 0.3 is 24.5 Å². The average molecular weight is 584 g/mol. The summed E-state index contributed by atoms with van der Waals surface area (Å²) in [6.07, 6.45) is -14.9. The molecule has 4 rings (SSSR count). The molecule has 0 aliphatic carbocycles. The smallest absolute Gasteiger partial charge is 0.381 e. The van der Waals surface area contributed by atoms with Crippen LogP contribution in [0.1, 0.15) is 22.6 Å². The molecule has 3 aromatic heterocycles. The Bertz CT molecular complexity index is 1590. The molecule has 0 bridgehead atoms. The van der Waals surface area contributed by atoms with Gasteiger partial charge in [0.05, 0.1) is 11.9 Å². The number of tetrazole rings is 1. The zero-order valence-electron chi connectivity index (χ0n) is 19.7. The second-order valence-electron chi connectivity index (χ2n) is 8.13. The highest BCUT2D eigenvalue weighted by atomic mass is 19.4. The van der Waals surface area contributed by atoms with Crippen LogP contribution in [-0.4, -0.2) is 52.9 Å². The van der Waals surface area contributed by atoms with E-state index in [1.807, 2.05) is 0 Å². The minimum atomic E-state index is -5.74. The van der Waals surface area contributed by atoms with Gasteiger partial charge in [0.1, 0.15) is 0 Å². The van der Waals surface area contributed by atoms with E-state index in [4.69, 9.17) is 5.73 Å². The maximum absolute atomic E-state index is 14.7. The van der Waals surface area contributed by atoms with Gasteiger partial charge in [-0.25, -0.2) is 19.4 Å². The number of alkyl halides is 9. The van der Waals surface area contributed by atoms with Gasteiger partial charge in [-0.15, -0.1) is 5.10 Å². The van der Waals surface area contributed by atoms with E-state index in [0.717, 1.165) is 35.8 Å². The van der Waals surface area contributed by atoms with Crippen LogP contribution < -0.4 is 5.73 Å². The van der Waals surface area contributed by atoms with Crippen LogP contribution >= 0.6 is 0 Å². The van der Waals surface area contributed by atoms with Crippen LogP contribution in [0.5, 0.6) is 0 Å². The molecule has 3 heterocycles. The minimum absolute atomic E-state index is 0.175. The van der Waals surface area contributed by atoms with Gasteiger partial charge in [-0.05, 0) is 29.0 Å². The molecular weight excluding hydrogens is 571 g/mol. The number of aromatic nitrogens is 7. The molecule has 20 heteroatoms. The first kappa shape index (κ1) is 28.5. The van der Waals surface area contributed by atoms with Gasteiger partial charge in [0, 0.05) is 24.4 Å². The third-order valence-electron chi connectivity index (χ3n) is 5.54. The van der Waals surface area contributed by atoms with Crippen molar-refractivity contribution < 1.29 is 54.1 Å². The van der Waals surface area contributed by atoms with Gasteiger partial charge in [0.15, 0.2) is 17.2 Å². The van der Waals surface area contributed by atoms with Crippen molar-refractivity contribution >= 4 is 17.4 Å². The normalized spacial score (nSPS) is 14.4. The van der Waals surface area contributed by atoms with Gasteiger partial charge in [-0.1, -0.05) is 12.1 Å². The first-order valence-corrected chi connectivity index (χ1v) is 10.5. The van der Waals surface area contributed by atoms with Crippen molar-refractivity contribution in [1.29, 1.82) is 0 Å². The van der Waals surface area contributed by atoms with Crippen molar-refractivity contribution in [2.45, 2.75) is 31.1 Å². The number of halogens is 9. The fourth-order valence-electron chi connectivity index (χ4n) is 3.69. The summed E-state index contributed by atoms with van der Waals surface area (Å²) in [5.74, 6) is -5.02. The maximum Gasteiger partial charge on any atom is 0.494 e. The molecule has 2 N–H and O–H groups in total. The Labute approximate surface area is 215 Å². The molecular formula is C20H13F9N8O3. The van der Waals surface area contributed by atoms with Crippen molar-refractivity contribution in [2.24, 2.45) is 7.05 Å². The van der Waals surface area contributed by atoms with Crippen LogP contribution in [0.2, 0.25) is 0 Å². The quantitative estimate of drug-likeness (QED) is 0.212. The third-order valence-corrected chi connectivity index (χ3v) is 5.54. The Morgan fingerprint density at radius 3 is 2.27 bits per heavy atom. The standard InChI is InChI=1S/C20H13F9N8O3/c1-8-3-4-9(5-10(8)11-6-31-14-13(30)32-12(7-37(11)14)18(21,22)23)17(20(27,28)29,15-33-34-35-36(15)2)40-39-16(38)19(24,25)26/h3-7H,1-2H3,(H2,30,32). The summed E-state index contributed by atoms with van der Waals surface area (Å²) in [6.45, 7) is 1.37. The molecule has 4 aromatic rings. The molecule has 0 aliphatic rings. The third kappa shape index (κ3) is 4.73. The van der Waals surface area contributed by atoms with Gasteiger partial charge < -0.3 is 5.73 Å². The number of nitrogens with zero attached hydrogens (tertiary/aromatic N) is 7. The van der Waals surface area contributed by atoms with Crippen molar-refractivity contribution in [3.63, 3.8) is 0 Å². The number of nitrogens with two attached hydrogens (primary N) is 1. The SMILES string of the molecule is Cc1ccc(C(OOC(=O)C(F)(F)F)(c2nnnn2C)C(F)(F)F)cc1-c1cnc2c(N)nc(C(F)(F)F)cn12. The number of carbonyl (C=O) groups is 1. The van der Waals surface area contributed by atoms with E-state index in [1.165, 1.54) is 6.92 Å². The predicted octanol–water partition coefficient (Wildman–Crippen LogP) is 3.67. The molecule has 1 unspecified atom stereocenters. The Morgan fingerprint density at radius 2 is 1.73 bits per heavy atom. The second-order valence-corrected chi connectivity index (χ2v) is 8.13. The van der Waals surface area contributed by atoms with Crippen LogP contribution in [0.3, 0.4) is 0 Å². The molecule has 0 saturated carbocycles. The van der Waals surface area contributed by atoms with Crippen molar-refractivity contribution in [2.75, 3.05) is 5.73 Å². The number of hydrogen-bond acceptors (Lipinski definition) is 9. The van der Waals surface area contributed by atoms with Crippen LogP contribution in [0, 0.1) is 6.92 Å². The predicted molar refractivity (Wildman–Crippen MR) is 111 cm³/mol. The molecule has 0 spiro atoms. The molecule has 1 atom stereocenters. The summed E-state index contributed by atoms with van der Waals surface area (Å²) in [4.78, 5) is 26.2. The van der Waals surface area contributed by atoms with E-state index in [0.29, 0.717) is 10.9 Å². The lowest BCUT2D eigenvalue weighted by Crippen LogP contribution is -2.49. The van der Waals surface area contributed by atoms with E-state index in [-0.39, 0.29) is 22.5 Å². The van der Waals surface area contributed by atoms with Crippen LogP contribution in [0.15, 0.2) is 30.6 Å².